The molecule has 0 aliphatic rings. The topological polar surface area (TPSA) is 64.0 Å². The minimum Gasteiger partial charge on any atom is -0.315 e. The van der Waals surface area contributed by atoms with Crippen molar-refractivity contribution < 1.29 is 17.2 Å². The molecule has 0 amide bonds. The highest BCUT2D eigenvalue weighted by atomic mass is 32.2. The Morgan fingerprint density at radius 1 is 1.00 bits per heavy atom. The largest absolute Gasteiger partial charge is 0.315 e. The minimum atomic E-state index is -4.26. The molecule has 2 aromatic heterocycles. The zero-order chi connectivity index (χ0) is 19.0. The third kappa shape index (κ3) is 3.26. The maximum Gasteiger partial charge on any atom is 0.264 e. The molecule has 0 aliphatic heterocycles. The second kappa shape index (κ2) is 6.48. The maximum absolute atomic E-state index is 13.8. The van der Waals surface area contributed by atoms with Gasteiger partial charge in [-0.15, -0.1) is 0 Å². The summed E-state index contributed by atoms with van der Waals surface area (Å²) in [7, 11) is -4.26. The molecule has 4 rings (SSSR count). The van der Waals surface area contributed by atoms with Crippen molar-refractivity contribution in [2.45, 2.75) is 4.90 Å². The lowest BCUT2D eigenvalue weighted by Gasteiger charge is -2.10. The molecule has 0 bridgehead atoms. The van der Waals surface area contributed by atoms with E-state index in [1.165, 1.54) is 0 Å². The van der Waals surface area contributed by atoms with Gasteiger partial charge >= 0.3 is 0 Å². The summed E-state index contributed by atoms with van der Waals surface area (Å²) in [6.45, 7) is 0. The number of rotatable bonds is 4. The van der Waals surface area contributed by atoms with Crippen molar-refractivity contribution in [1.82, 2.24) is 9.55 Å². The predicted molar refractivity (Wildman–Crippen MR) is 98.2 cm³/mol. The molecule has 0 saturated carbocycles. The van der Waals surface area contributed by atoms with Crippen LogP contribution in [0.4, 0.5) is 14.5 Å². The molecule has 5 nitrogen and oxygen atoms in total. The van der Waals surface area contributed by atoms with Gasteiger partial charge in [0.25, 0.3) is 10.0 Å². The quantitative estimate of drug-likeness (QED) is 0.575. The Labute approximate surface area is 154 Å². The summed E-state index contributed by atoms with van der Waals surface area (Å²) in [5, 5.41) is 0.777. The Morgan fingerprint density at radius 2 is 1.85 bits per heavy atom. The number of aromatic nitrogens is 2. The van der Waals surface area contributed by atoms with Crippen molar-refractivity contribution >= 4 is 26.6 Å². The third-order valence-electron chi connectivity index (χ3n) is 4.05. The molecule has 0 spiro atoms. The van der Waals surface area contributed by atoms with Crippen LogP contribution in [0.15, 0.2) is 78.1 Å². The van der Waals surface area contributed by atoms with Crippen molar-refractivity contribution in [1.29, 1.82) is 0 Å². The number of fused-ring (bicyclic) bond motifs is 1. The van der Waals surface area contributed by atoms with E-state index in [0.29, 0.717) is 6.07 Å². The first-order valence-corrected chi connectivity index (χ1v) is 9.42. The van der Waals surface area contributed by atoms with E-state index in [4.69, 9.17) is 0 Å². The summed E-state index contributed by atoms with van der Waals surface area (Å²) in [4.78, 5) is 3.34. The van der Waals surface area contributed by atoms with Gasteiger partial charge in [-0.25, -0.2) is 17.2 Å². The highest BCUT2D eigenvalue weighted by molar-refractivity contribution is 7.92. The predicted octanol–water partition coefficient (Wildman–Crippen LogP) is 4.10. The minimum absolute atomic E-state index is 0.245. The number of anilines is 1. The Kier molecular flexibility index (Phi) is 4.12. The summed E-state index contributed by atoms with van der Waals surface area (Å²) < 4.78 is 56.1. The Morgan fingerprint density at radius 3 is 2.63 bits per heavy atom. The van der Waals surface area contributed by atoms with E-state index in [1.54, 1.807) is 30.6 Å². The SMILES string of the molecule is O=S(=O)(Nc1ccc2c(ccn2-c2cccnc2)c1)c1cc(F)ccc1F. The second-order valence-electron chi connectivity index (χ2n) is 5.85. The van der Waals surface area contributed by atoms with Crippen LogP contribution in [0, 0.1) is 11.6 Å². The lowest BCUT2D eigenvalue weighted by atomic mass is 10.2. The Bertz CT molecular complexity index is 1240. The maximum atomic E-state index is 13.8. The molecule has 2 aromatic carbocycles. The summed E-state index contributed by atoms with van der Waals surface area (Å²) in [5.41, 5.74) is 1.96. The van der Waals surface area contributed by atoms with Crippen molar-refractivity contribution in [3.05, 3.63) is 84.8 Å². The normalized spacial score (nSPS) is 11.6. The third-order valence-corrected chi connectivity index (χ3v) is 5.45. The van der Waals surface area contributed by atoms with Gasteiger partial charge in [-0.2, -0.15) is 0 Å². The molecule has 136 valence electrons. The van der Waals surface area contributed by atoms with E-state index in [1.807, 2.05) is 29.0 Å². The Balaban J connectivity index is 1.70. The van der Waals surface area contributed by atoms with Crippen LogP contribution in [0.1, 0.15) is 0 Å². The molecule has 0 atom stereocenters. The van der Waals surface area contributed by atoms with Gasteiger partial charge in [0.05, 0.1) is 17.4 Å². The first-order valence-electron chi connectivity index (χ1n) is 7.93. The van der Waals surface area contributed by atoms with Crippen molar-refractivity contribution in [3.8, 4) is 5.69 Å². The monoisotopic (exact) mass is 385 g/mol. The molecule has 8 heteroatoms. The molecule has 0 radical (unpaired) electrons. The average molecular weight is 385 g/mol. The van der Waals surface area contributed by atoms with Gasteiger partial charge in [0, 0.05) is 23.5 Å². The van der Waals surface area contributed by atoms with Crippen LogP contribution in [-0.4, -0.2) is 18.0 Å². The molecule has 2 heterocycles. The number of sulfonamides is 1. The average Bonchev–Trinajstić information content (AvgIpc) is 3.07. The lowest BCUT2D eigenvalue weighted by Crippen LogP contribution is -2.14. The zero-order valence-corrected chi connectivity index (χ0v) is 14.6. The highest BCUT2D eigenvalue weighted by Gasteiger charge is 2.20. The summed E-state index contributed by atoms with van der Waals surface area (Å²) in [5.74, 6) is -1.85. The molecule has 4 aromatic rings. The number of nitrogens with one attached hydrogen (secondary N) is 1. The van der Waals surface area contributed by atoms with E-state index in [9.17, 15) is 17.2 Å². The molecule has 0 saturated heterocycles. The molecular formula is C19H13F2N3O2S. The first-order chi connectivity index (χ1) is 12.9. The van der Waals surface area contributed by atoms with Crippen molar-refractivity contribution in [2.75, 3.05) is 4.72 Å². The van der Waals surface area contributed by atoms with Crippen LogP contribution in [-0.2, 0) is 10.0 Å². The number of hydrogen-bond acceptors (Lipinski definition) is 3. The fourth-order valence-electron chi connectivity index (χ4n) is 2.82. The van der Waals surface area contributed by atoms with E-state index < -0.39 is 26.6 Å². The van der Waals surface area contributed by atoms with Crippen LogP contribution in [0.3, 0.4) is 0 Å². The van der Waals surface area contributed by atoms with Crippen LogP contribution < -0.4 is 4.72 Å². The van der Waals surface area contributed by atoms with Crippen LogP contribution in [0.2, 0.25) is 0 Å². The van der Waals surface area contributed by atoms with E-state index in [2.05, 4.69) is 9.71 Å². The molecule has 0 aliphatic carbocycles. The van der Waals surface area contributed by atoms with Gasteiger partial charge in [0.15, 0.2) is 0 Å². The fourth-order valence-corrected chi connectivity index (χ4v) is 3.96. The Hall–Kier alpha value is -3.26. The molecule has 0 fully saturated rings. The van der Waals surface area contributed by atoms with E-state index in [-0.39, 0.29) is 5.69 Å². The van der Waals surface area contributed by atoms with Gasteiger partial charge in [-0.3, -0.25) is 9.71 Å². The molecule has 1 N–H and O–H groups in total. The lowest BCUT2D eigenvalue weighted by molar-refractivity contribution is 0.555. The summed E-state index contributed by atoms with van der Waals surface area (Å²) in [6, 6.07) is 12.7. The van der Waals surface area contributed by atoms with E-state index >= 15 is 0 Å². The number of nitrogens with zero attached hydrogens (tertiary/aromatic N) is 2. The molecule has 0 unspecified atom stereocenters. The van der Waals surface area contributed by atoms with Gasteiger partial charge in [0.1, 0.15) is 16.5 Å². The van der Waals surface area contributed by atoms with Crippen LogP contribution in [0.25, 0.3) is 16.6 Å². The van der Waals surface area contributed by atoms with Crippen LogP contribution in [0.5, 0.6) is 0 Å². The summed E-state index contributed by atoms with van der Waals surface area (Å²) in [6.07, 6.45) is 5.22. The van der Waals surface area contributed by atoms with Crippen molar-refractivity contribution in [3.63, 3.8) is 0 Å². The molecular weight excluding hydrogens is 372 g/mol. The van der Waals surface area contributed by atoms with Gasteiger partial charge in [-0.05, 0) is 54.6 Å². The first kappa shape index (κ1) is 17.2. The summed E-state index contributed by atoms with van der Waals surface area (Å²) >= 11 is 0. The van der Waals surface area contributed by atoms with Crippen molar-refractivity contribution in [2.24, 2.45) is 0 Å². The highest BCUT2D eigenvalue weighted by Crippen LogP contribution is 2.26. The van der Waals surface area contributed by atoms with Gasteiger partial charge in [0.2, 0.25) is 0 Å². The van der Waals surface area contributed by atoms with Gasteiger partial charge < -0.3 is 4.57 Å². The number of benzene rings is 2. The van der Waals surface area contributed by atoms with E-state index in [0.717, 1.165) is 28.7 Å². The zero-order valence-electron chi connectivity index (χ0n) is 13.8. The molecule has 27 heavy (non-hydrogen) atoms. The number of pyridine rings is 1. The fraction of sp³-hybridized carbons (Fsp3) is 0. The van der Waals surface area contributed by atoms with Gasteiger partial charge in [-0.1, -0.05) is 0 Å². The smallest absolute Gasteiger partial charge is 0.264 e. The van der Waals surface area contributed by atoms with Crippen LogP contribution >= 0.6 is 0 Å². The number of hydrogen-bond donors (Lipinski definition) is 1. The second-order valence-corrected chi connectivity index (χ2v) is 7.50. The standard InChI is InChI=1S/C19H13F2N3O2S/c20-14-3-5-17(21)19(11-14)27(25,26)23-15-4-6-18-13(10-15)7-9-24(18)16-2-1-8-22-12-16/h1-12,23H. The number of halogens is 2.